The predicted molar refractivity (Wildman–Crippen MR) is 130 cm³/mol. The molecule has 8 heteroatoms. The Morgan fingerprint density at radius 3 is 1.44 bits per heavy atom. The molecule has 0 spiro atoms. The lowest BCUT2D eigenvalue weighted by Gasteiger charge is -2.57. The maximum atomic E-state index is 12.1. The Bertz CT molecular complexity index is 1080. The van der Waals surface area contributed by atoms with E-state index >= 15 is 0 Å². The van der Waals surface area contributed by atoms with Crippen LogP contribution in [0.3, 0.4) is 0 Å². The molecule has 0 aromatic heterocycles. The molecule has 0 unspecified atom stereocenters. The van der Waals surface area contributed by atoms with Crippen molar-refractivity contribution >= 4 is 0 Å². The van der Waals surface area contributed by atoms with Gasteiger partial charge in [-0.05, 0) is 23.6 Å². The highest BCUT2D eigenvalue weighted by Crippen LogP contribution is 2.48. The van der Waals surface area contributed by atoms with Gasteiger partial charge in [0.2, 0.25) is 6.29 Å². The monoisotopic (exact) mass is 496 g/mol. The summed E-state index contributed by atoms with van der Waals surface area (Å²) in [5.41, 5.74) is 2.12. The second-order valence-electron chi connectivity index (χ2n) is 8.71. The zero-order valence-corrected chi connectivity index (χ0v) is 20.3. The molecule has 0 bridgehead atoms. The standard InChI is InChI=1S/C28H32O8/c1-21-26(29,33-18-22-12-6-3-7-13-22)28(31,35-20-24-16-10-5-11-17-24)27(30,25(32-2)36-21)34-19-23-14-8-4-9-15-23/h3-17,21,25,29-31H,18-20H2,1-2H3/t21-,25+,26+,27-,28-/m1/s1. The molecular weight excluding hydrogens is 464 g/mol. The lowest BCUT2D eigenvalue weighted by Crippen LogP contribution is -2.82. The lowest BCUT2D eigenvalue weighted by molar-refractivity contribution is -0.555. The van der Waals surface area contributed by atoms with E-state index in [2.05, 4.69) is 0 Å². The number of aliphatic hydroxyl groups is 3. The first-order chi connectivity index (χ1) is 17.3. The second kappa shape index (κ2) is 11.2. The summed E-state index contributed by atoms with van der Waals surface area (Å²) >= 11 is 0. The Hall–Kier alpha value is -2.66. The second-order valence-corrected chi connectivity index (χ2v) is 8.71. The smallest absolute Gasteiger partial charge is 0.285 e. The average Bonchev–Trinajstić information content (AvgIpc) is 2.92. The molecule has 1 aliphatic heterocycles. The van der Waals surface area contributed by atoms with Gasteiger partial charge in [0.05, 0.1) is 19.8 Å². The number of rotatable bonds is 10. The summed E-state index contributed by atoms with van der Waals surface area (Å²) in [5, 5.41) is 35.7. The molecule has 36 heavy (non-hydrogen) atoms. The van der Waals surface area contributed by atoms with E-state index in [9.17, 15) is 15.3 Å². The number of hydrogen-bond acceptors (Lipinski definition) is 8. The first-order valence-corrected chi connectivity index (χ1v) is 11.7. The molecule has 8 nitrogen and oxygen atoms in total. The van der Waals surface area contributed by atoms with E-state index in [1.165, 1.54) is 14.0 Å². The van der Waals surface area contributed by atoms with Crippen LogP contribution in [0.4, 0.5) is 0 Å². The molecule has 5 atom stereocenters. The number of benzene rings is 3. The Balaban J connectivity index is 1.71. The molecule has 192 valence electrons. The van der Waals surface area contributed by atoms with Gasteiger partial charge in [0, 0.05) is 7.11 Å². The van der Waals surface area contributed by atoms with Gasteiger partial charge in [0.25, 0.3) is 17.4 Å². The van der Waals surface area contributed by atoms with Crippen molar-refractivity contribution in [3.8, 4) is 0 Å². The van der Waals surface area contributed by atoms with E-state index in [1.54, 1.807) is 36.4 Å². The summed E-state index contributed by atoms with van der Waals surface area (Å²) in [7, 11) is 1.29. The van der Waals surface area contributed by atoms with Gasteiger partial charge in [0.15, 0.2) is 0 Å². The van der Waals surface area contributed by atoms with E-state index in [1.807, 2.05) is 54.6 Å². The van der Waals surface area contributed by atoms with Crippen molar-refractivity contribution in [1.82, 2.24) is 0 Å². The van der Waals surface area contributed by atoms with Gasteiger partial charge < -0.3 is 39.0 Å². The first kappa shape index (κ1) is 26.4. The highest BCUT2D eigenvalue weighted by Gasteiger charge is 2.76. The van der Waals surface area contributed by atoms with Gasteiger partial charge in [-0.25, -0.2) is 0 Å². The van der Waals surface area contributed by atoms with Crippen LogP contribution in [0, 0.1) is 0 Å². The Morgan fingerprint density at radius 1 is 0.639 bits per heavy atom. The third-order valence-electron chi connectivity index (χ3n) is 6.28. The molecule has 3 aromatic rings. The maximum absolute atomic E-state index is 12.1. The molecule has 0 radical (unpaired) electrons. The number of ether oxygens (including phenoxy) is 5. The maximum Gasteiger partial charge on any atom is 0.285 e. The van der Waals surface area contributed by atoms with Crippen LogP contribution in [0.1, 0.15) is 23.6 Å². The summed E-state index contributed by atoms with van der Waals surface area (Å²) in [4.78, 5) is 0. The molecule has 4 rings (SSSR count). The van der Waals surface area contributed by atoms with Crippen LogP contribution >= 0.6 is 0 Å². The van der Waals surface area contributed by atoms with Gasteiger partial charge in [-0.3, -0.25) is 0 Å². The van der Waals surface area contributed by atoms with E-state index in [0.29, 0.717) is 11.1 Å². The normalized spacial score (nSPS) is 30.2. The third-order valence-corrected chi connectivity index (χ3v) is 6.28. The highest BCUT2D eigenvalue weighted by molar-refractivity contribution is 5.17. The minimum Gasteiger partial charge on any atom is -0.359 e. The molecule has 0 saturated carbocycles. The van der Waals surface area contributed by atoms with Crippen molar-refractivity contribution in [3.63, 3.8) is 0 Å². The van der Waals surface area contributed by atoms with Crippen molar-refractivity contribution in [1.29, 1.82) is 0 Å². The van der Waals surface area contributed by atoms with Gasteiger partial charge in [-0.2, -0.15) is 0 Å². The van der Waals surface area contributed by atoms with Crippen LogP contribution < -0.4 is 0 Å². The van der Waals surface area contributed by atoms with E-state index in [4.69, 9.17) is 23.7 Å². The van der Waals surface area contributed by atoms with Crippen LogP contribution in [-0.4, -0.2) is 52.2 Å². The molecule has 3 aromatic carbocycles. The largest absolute Gasteiger partial charge is 0.359 e. The van der Waals surface area contributed by atoms with Crippen LogP contribution in [0.25, 0.3) is 0 Å². The summed E-state index contributed by atoms with van der Waals surface area (Å²) in [6.07, 6.45) is -2.70. The summed E-state index contributed by atoms with van der Waals surface area (Å²) in [5.74, 6) is -8.08. The van der Waals surface area contributed by atoms with Gasteiger partial charge >= 0.3 is 0 Å². The fraction of sp³-hybridized carbons (Fsp3) is 0.357. The Kier molecular flexibility index (Phi) is 8.19. The Morgan fingerprint density at radius 2 is 1.03 bits per heavy atom. The first-order valence-electron chi connectivity index (χ1n) is 11.7. The van der Waals surface area contributed by atoms with Crippen molar-refractivity contribution in [2.24, 2.45) is 0 Å². The SMILES string of the molecule is CO[C@H]1O[C@H](C)[C@](O)(OCc2ccccc2)[C@@](O)(OCc2ccccc2)[C@]1(O)OCc1ccccc1. The van der Waals surface area contributed by atoms with Crippen LogP contribution in [0.5, 0.6) is 0 Å². The van der Waals surface area contributed by atoms with Crippen molar-refractivity contribution in [3.05, 3.63) is 108 Å². The average molecular weight is 497 g/mol. The predicted octanol–water partition coefficient (Wildman–Crippen LogP) is 3.09. The van der Waals surface area contributed by atoms with Crippen LogP contribution in [0.15, 0.2) is 91.0 Å². The topological polar surface area (TPSA) is 107 Å². The highest BCUT2D eigenvalue weighted by atomic mass is 16.8. The quantitative estimate of drug-likeness (QED) is 0.368. The molecule has 1 fully saturated rings. The van der Waals surface area contributed by atoms with E-state index in [-0.39, 0.29) is 19.8 Å². The Labute approximate surface area is 210 Å². The third kappa shape index (κ3) is 5.08. The zero-order valence-electron chi connectivity index (χ0n) is 20.3. The van der Waals surface area contributed by atoms with Gasteiger partial charge in [-0.1, -0.05) is 91.0 Å². The van der Waals surface area contributed by atoms with Crippen molar-refractivity contribution < 1.29 is 39.0 Å². The van der Waals surface area contributed by atoms with Crippen LogP contribution in [0.2, 0.25) is 0 Å². The summed E-state index contributed by atoms with van der Waals surface area (Å²) < 4.78 is 28.8. The summed E-state index contributed by atoms with van der Waals surface area (Å²) in [6.45, 7) is 1.08. The zero-order chi connectivity index (χ0) is 25.7. The molecule has 0 amide bonds. The van der Waals surface area contributed by atoms with Crippen molar-refractivity contribution in [2.45, 2.75) is 56.5 Å². The van der Waals surface area contributed by atoms with Crippen molar-refractivity contribution in [2.75, 3.05) is 7.11 Å². The fourth-order valence-electron chi connectivity index (χ4n) is 4.16. The number of methoxy groups -OCH3 is 1. The van der Waals surface area contributed by atoms with Gasteiger partial charge in [-0.15, -0.1) is 0 Å². The molecule has 1 heterocycles. The minimum atomic E-state index is -2.84. The molecule has 1 aliphatic rings. The van der Waals surface area contributed by atoms with Crippen LogP contribution in [-0.2, 0) is 43.5 Å². The van der Waals surface area contributed by atoms with E-state index in [0.717, 1.165) is 5.56 Å². The molecular formula is C28H32O8. The minimum absolute atomic E-state index is 0.103. The summed E-state index contributed by atoms with van der Waals surface area (Å²) in [6, 6.07) is 27.2. The molecule has 3 N–H and O–H groups in total. The number of hydrogen-bond donors (Lipinski definition) is 3. The van der Waals surface area contributed by atoms with E-state index < -0.39 is 29.8 Å². The van der Waals surface area contributed by atoms with Gasteiger partial charge in [0.1, 0.15) is 6.10 Å². The lowest BCUT2D eigenvalue weighted by atomic mass is 9.87. The fourth-order valence-corrected chi connectivity index (χ4v) is 4.16. The molecule has 0 aliphatic carbocycles. The molecule has 1 saturated heterocycles.